The van der Waals surface area contributed by atoms with Gasteiger partial charge in [-0.05, 0) is 40.0 Å². The van der Waals surface area contributed by atoms with E-state index in [-0.39, 0.29) is 31.3 Å². The molecule has 2 fully saturated rings. The Morgan fingerprint density at radius 3 is 2.86 bits per heavy atom. The summed E-state index contributed by atoms with van der Waals surface area (Å²) in [5, 5.41) is 7.25. The van der Waals surface area contributed by atoms with Gasteiger partial charge in [0.05, 0.1) is 37.8 Å². The highest BCUT2D eigenvalue weighted by Gasteiger charge is 2.34. The van der Waals surface area contributed by atoms with Gasteiger partial charge >= 0.3 is 12.1 Å². The largest absolute Gasteiger partial charge is 0.468 e. The number of H-pyrrole nitrogens is 1. The van der Waals surface area contributed by atoms with Gasteiger partial charge in [-0.1, -0.05) is 0 Å². The molecule has 9 nitrogen and oxygen atoms in total. The fourth-order valence-corrected chi connectivity index (χ4v) is 3.42. The molecule has 1 aromatic heterocycles. The number of esters is 1. The monoisotopic (exact) mass is 392 g/mol. The quantitative estimate of drug-likeness (QED) is 0.793. The van der Waals surface area contributed by atoms with Crippen molar-refractivity contribution in [3.8, 4) is 0 Å². The third kappa shape index (κ3) is 4.70. The van der Waals surface area contributed by atoms with Gasteiger partial charge in [-0.25, -0.2) is 9.79 Å². The number of aromatic amines is 1. The van der Waals surface area contributed by atoms with Gasteiger partial charge in [0.15, 0.2) is 0 Å². The average Bonchev–Trinajstić information content (AvgIpc) is 3.29. The second-order valence-electron chi connectivity index (χ2n) is 8.06. The van der Waals surface area contributed by atoms with Crippen molar-refractivity contribution in [3.05, 3.63) is 11.8 Å². The number of methoxy groups -OCH3 is 1. The Morgan fingerprint density at radius 1 is 1.36 bits per heavy atom. The lowest BCUT2D eigenvalue weighted by Crippen LogP contribution is -2.42. The Balaban J connectivity index is 1.77. The van der Waals surface area contributed by atoms with Crippen LogP contribution in [0.1, 0.15) is 51.8 Å². The Bertz CT molecular complexity index is 752. The minimum atomic E-state index is -0.548. The Kier molecular flexibility index (Phi) is 6.02. The molecular formula is C19H28N4O5. The maximum absolute atomic E-state index is 12.6. The maximum atomic E-state index is 12.6. The van der Waals surface area contributed by atoms with Gasteiger partial charge in [-0.3, -0.25) is 14.8 Å². The van der Waals surface area contributed by atoms with Crippen LogP contribution in [-0.2, 0) is 19.0 Å². The number of ether oxygens (including phenoxy) is 3. The molecule has 2 unspecified atom stereocenters. The molecule has 1 amide bonds. The average molecular weight is 392 g/mol. The summed E-state index contributed by atoms with van der Waals surface area (Å²) in [6.07, 6.45) is 2.43. The number of nitrogens with one attached hydrogen (secondary N) is 1. The predicted molar refractivity (Wildman–Crippen MR) is 102 cm³/mol. The van der Waals surface area contributed by atoms with E-state index in [0.29, 0.717) is 18.1 Å². The molecule has 0 bridgehead atoms. The number of carbonyl (C=O) groups is 2. The van der Waals surface area contributed by atoms with E-state index in [2.05, 4.69) is 15.2 Å². The summed E-state index contributed by atoms with van der Waals surface area (Å²) in [6, 6.07) is 1.65. The van der Waals surface area contributed by atoms with Crippen LogP contribution in [0, 0.1) is 5.92 Å². The summed E-state index contributed by atoms with van der Waals surface area (Å²) in [4.78, 5) is 30.7. The fourth-order valence-electron chi connectivity index (χ4n) is 3.42. The van der Waals surface area contributed by atoms with Crippen molar-refractivity contribution >= 4 is 23.6 Å². The van der Waals surface area contributed by atoms with Crippen LogP contribution in [0.15, 0.2) is 11.1 Å². The van der Waals surface area contributed by atoms with E-state index in [4.69, 9.17) is 14.2 Å². The Morgan fingerprint density at radius 2 is 2.14 bits per heavy atom. The molecule has 2 aliphatic heterocycles. The number of amides is 1. The summed E-state index contributed by atoms with van der Waals surface area (Å²) in [6.45, 7) is 6.74. The zero-order valence-corrected chi connectivity index (χ0v) is 16.9. The van der Waals surface area contributed by atoms with Gasteiger partial charge in [-0.2, -0.15) is 5.10 Å². The van der Waals surface area contributed by atoms with E-state index >= 15 is 0 Å². The van der Waals surface area contributed by atoms with Crippen molar-refractivity contribution in [2.24, 2.45) is 10.9 Å². The van der Waals surface area contributed by atoms with Crippen LogP contribution in [0.2, 0.25) is 0 Å². The molecule has 2 saturated heterocycles. The van der Waals surface area contributed by atoms with Crippen molar-refractivity contribution in [1.82, 2.24) is 15.1 Å². The highest BCUT2D eigenvalue weighted by Crippen LogP contribution is 2.32. The second-order valence-corrected chi connectivity index (χ2v) is 8.06. The van der Waals surface area contributed by atoms with E-state index < -0.39 is 11.5 Å². The zero-order chi connectivity index (χ0) is 20.3. The first-order valence-electron chi connectivity index (χ1n) is 9.56. The number of hydrogen-bond acceptors (Lipinski definition) is 7. The fraction of sp³-hybridized carbons (Fsp3) is 0.684. The van der Waals surface area contributed by atoms with Crippen molar-refractivity contribution in [3.63, 3.8) is 0 Å². The Hall–Kier alpha value is -2.42. The minimum Gasteiger partial charge on any atom is -0.468 e. The summed E-state index contributed by atoms with van der Waals surface area (Å²) in [5.41, 5.74) is 0.792. The summed E-state index contributed by atoms with van der Waals surface area (Å²) in [7, 11) is 1.35. The highest BCUT2D eigenvalue weighted by atomic mass is 16.6. The van der Waals surface area contributed by atoms with Crippen LogP contribution in [0.25, 0.3) is 0 Å². The number of carbonyl (C=O) groups excluding carboxylic acids is 2. The van der Waals surface area contributed by atoms with Crippen molar-refractivity contribution in [2.75, 3.05) is 26.9 Å². The van der Waals surface area contributed by atoms with Gasteiger partial charge in [0.1, 0.15) is 17.3 Å². The molecule has 1 aromatic rings. The summed E-state index contributed by atoms with van der Waals surface area (Å²) in [5.74, 6) is -0.330. The molecule has 154 valence electrons. The van der Waals surface area contributed by atoms with Gasteiger partial charge in [0.2, 0.25) is 0 Å². The SMILES string of the molecule is COC(=O)C1COC/C1=N/c1cc(C2CCCCN2C(=O)OC(C)(C)C)n[nH]1. The third-order valence-electron chi connectivity index (χ3n) is 4.74. The molecule has 28 heavy (non-hydrogen) atoms. The molecule has 0 saturated carbocycles. The van der Waals surface area contributed by atoms with Gasteiger partial charge in [0.25, 0.3) is 0 Å². The van der Waals surface area contributed by atoms with E-state index in [1.165, 1.54) is 7.11 Å². The van der Waals surface area contributed by atoms with Crippen LogP contribution < -0.4 is 0 Å². The van der Waals surface area contributed by atoms with Crippen LogP contribution in [-0.4, -0.2) is 65.3 Å². The lowest BCUT2D eigenvalue weighted by molar-refractivity contribution is -0.143. The molecule has 0 aliphatic carbocycles. The van der Waals surface area contributed by atoms with E-state index in [0.717, 1.165) is 25.0 Å². The molecule has 0 spiro atoms. The molecule has 3 heterocycles. The number of aliphatic imine (C=N–C) groups is 1. The van der Waals surface area contributed by atoms with Gasteiger partial charge in [-0.15, -0.1) is 0 Å². The molecule has 1 N–H and O–H groups in total. The zero-order valence-electron chi connectivity index (χ0n) is 16.9. The number of piperidine rings is 1. The minimum absolute atomic E-state index is 0.162. The molecule has 2 atom stereocenters. The number of hydrogen-bond donors (Lipinski definition) is 1. The number of likely N-dealkylation sites (tertiary alicyclic amines) is 1. The van der Waals surface area contributed by atoms with Crippen molar-refractivity contribution in [1.29, 1.82) is 0 Å². The van der Waals surface area contributed by atoms with E-state index in [1.807, 2.05) is 26.8 Å². The Labute approximate surface area is 164 Å². The maximum Gasteiger partial charge on any atom is 0.410 e. The van der Waals surface area contributed by atoms with E-state index in [9.17, 15) is 9.59 Å². The lowest BCUT2D eigenvalue weighted by atomic mass is 10.00. The third-order valence-corrected chi connectivity index (χ3v) is 4.74. The number of rotatable bonds is 3. The normalized spacial score (nSPS) is 24.4. The smallest absolute Gasteiger partial charge is 0.410 e. The predicted octanol–water partition coefficient (Wildman–Crippen LogP) is 2.76. The molecule has 0 aromatic carbocycles. The first kappa shape index (κ1) is 20.3. The molecule has 2 aliphatic rings. The molecule has 3 rings (SSSR count). The van der Waals surface area contributed by atoms with Crippen molar-refractivity contribution < 1.29 is 23.8 Å². The van der Waals surface area contributed by atoms with Crippen LogP contribution >= 0.6 is 0 Å². The summed E-state index contributed by atoms with van der Waals surface area (Å²) < 4.78 is 15.7. The van der Waals surface area contributed by atoms with E-state index in [1.54, 1.807) is 4.90 Å². The molecule has 0 radical (unpaired) electrons. The topological polar surface area (TPSA) is 106 Å². The van der Waals surface area contributed by atoms with Crippen molar-refractivity contribution in [2.45, 2.75) is 51.7 Å². The first-order chi connectivity index (χ1) is 13.3. The number of aromatic nitrogens is 2. The summed E-state index contributed by atoms with van der Waals surface area (Å²) >= 11 is 0. The molecular weight excluding hydrogens is 364 g/mol. The first-order valence-corrected chi connectivity index (χ1v) is 9.56. The molecule has 9 heteroatoms. The van der Waals surface area contributed by atoms with Crippen LogP contribution in [0.5, 0.6) is 0 Å². The lowest BCUT2D eigenvalue weighted by Gasteiger charge is -2.35. The van der Waals surface area contributed by atoms with Gasteiger partial charge < -0.3 is 14.2 Å². The highest BCUT2D eigenvalue weighted by molar-refractivity contribution is 6.05. The second kappa shape index (κ2) is 8.30. The number of nitrogens with zero attached hydrogens (tertiary/aromatic N) is 3. The van der Waals surface area contributed by atoms with Crippen LogP contribution in [0.4, 0.5) is 10.6 Å². The van der Waals surface area contributed by atoms with Crippen LogP contribution in [0.3, 0.4) is 0 Å². The van der Waals surface area contributed by atoms with Gasteiger partial charge in [0, 0.05) is 12.6 Å². The standard InChI is InChI=1S/C19H28N4O5/c1-19(2,3)28-18(25)23-8-6-5-7-15(23)13-9-16(22-21-13)20-14-11-27-10-12(14)17(24)26-4/h9,12,15H,5-8,10-11H2,1-4H3,(H,21,22)/b20-14-.